The van der Waals surface area contributed by atoms with Gasteiger partial charge in [0, 0.05) is 26.0 Å². The average Bonchev–Trinajstić information content (AvgIpc) is 3.10. The van der Waals surface area contributed by atoms with Gasteiger partial charge in [-0.05, 0) is 19.3 Å². The van der Waals surface area contributed by atoms with Crippen LogP contribution in [-0.4, -0.2) is 29.6 Å². The SMILES string of the molecule is CCCCCCCCCCCCCCCN1C=CN(C)C1CCCCCCCCC. The summed E-state index contributed by atoms with van der Waals surface area (Å²) in [6.45, 7) is 5.85. The van der Waals surface area contributed by atoms with E-state index in [1.165, 1.54) is 141 Å². The first-order chi connectivity index (χ1) is 14.8. The second kappa shape index (κ2) is 20.3. The van der Waals surface area contributed by atoms with Crippen LogP contribution in [0.2, 0.25) is 0 Å². The Morgan fingerprint density at radius 1 is 0.500 bits per heavy atom. The quantitative estimate of drug-likeness (QED) is 0.161. The van der Waals surface area contributed by atoms with Crippen LogP contribution in [0.15, 0.2) is 12.4 Å². The van der Waals surface area contributed by atoms with E-state index in [-0.39, 0.29) is 0 Å². The van der Waals surface area contributed by atoms with E-state index in [1.807, 2.05) is 0 Å². The van der Waals surface area contributed by atoms with E-state index < -0.39 is 0 Å². The normalized spacial score (nSPS) is 16.2. The predicted octanol–water partition coefficient (Wildman–Crippen LogP) is 9.26. The molecule has 2 nitrogen and oxygen atoms in total. The van der Waals surface area contributed by atoms with Crippen molar-refractivity contribution in [3.05, 3.63) is 12.4 Å². The molecule has 0 N–H and O–H groups in total. The zero-order valence-electron chi connectivity index (χ0n) is 21.2. The van der Waals surface area contributed by atoms with Gasteiger partial charge in [-0.3, -0.25) is 0 Å². The molecule has 0 saturated heterocycles. The average molecular weight is 421 g/mol. The Kier molecular flexibility index (Phi) is 18.5. The van der Waals surface area contributed by atoms with Crippen molar-refractivity contribution in [1.29, 1.82) is 0 Å². The number of rotatable bonds is 22. The molecule has 0 aromatic carbocycles. The van der Waals surface area contributed by atoms with Crippen molar-refractivity contribution < 1.29 is 0 Å². The summed E-state index contributed by atoms with van der Waals surface area (Å²) < 4.78 is 0. The number of unbranched alkanes of at least 4 members (excludes halogenated alkanes) is 18. The highest BCUT2D eigenvalue weighted by molar-refractivity contribution is 4.95. The maximum Gasteiger partial charge on any atom is 0.100 e. The van der Waals surface area contributed by atoms with E-state index in [2.05, 4.69) is 43.1 Å². The van der Waals surface area contributed by atoms with Gasteiger partial charge in [-0.2, -0.15) is 0 Å². The van der Waals surface area contributed by atoms with E-state index in [9.17, 15) is 0 Å². The summed E-state index contributed by atoms with van der Waals surface area (Å²) in [5.41, 5.74) is 0. The molecule has 0 saturated carbocycles. The van der Waals surface area contributed by atoms with Crippen molar-refractivity contribution in [2.24, 2.45) is 0 Å². The van der Waals surface area contributed by atoms with Gasteiger partial charge < -0.3 is 9.80 Å². The van der Waals surface area contributed by atoms with Crippen LogP contribution in [0.5, 0.6) is 0 Å². The number of nitrogens with zero attached hydrogens (tertiary/aromatic N) is 2. The molecular formula is C28H56N2. The maximum atomic E-state index is 2.61. The van der Waals surface area contributed by atoms with E-state index in [0.29, 0.717) is 6.17 Å². The van der Waals surface area contributed by atoms with Gasteiger partial charge in [0.15, 0.2) is 0 Å². The minimum atomic E-state index is 0.623. The standard InChI is InChI=1S/C28H56N2/c1-4-6-8-10-12-13-14-15-16-17-19-21-23-25-30-27-26-29(3)28(30)24-22-20-18-11-9-7-5-2/h26-28H,4-25H2,1-3H3. The third-order valence-electron chi connectivity index (χ3n) is 6.93. The molecule has 0 fully saturated rings. The van der Waals surface area contributed by atoms with Crippen LogP contribution < -0.4 is 0 Å². The van der Waals surface area contributed by atoms with E-state index in [0.717, 1.165) is 0 Å². The van der Waals surface area contributed by atoms with Crippen molar-refractivity contribution in [3.63, 3.8) is 0 Å². The van der Waals surface area contributed by atoms with Crippen LogP contribution in [0.3, 0.4) is 0 Å². The Morgan fingerprint density at radius 2 is 0.900 bits per heavy atom. The highest BCUT2D eigenvalue weighted by Crippen LogP contribution is 2.21. The lowest BCUT2D eigenvalue weighted by Crippen LogP contribution is -2.37. The van der Waals surface area contributed by atoms with E-state index >= 15 is 0 Å². The van der Waals surface area contributed by atoms with Crippen LogP contribution >= 0.6 is 0 Å². The monoisotopic (exact) mass is 420 g/mol. The first kappa shape index (κ1) is 27.4. The third kappa shape index (κ3) is 14.4. The summed E-state index contributed by atoms with van der Waals surface area (Å²) in [6, 6.07) is 0. The fourth-order valence-corrected chi connectivity index (χ4v) is 4.81. The largest absolute Gasteiger partial charge is 0.359 e. The lowest BCUT2D eigenvalue weighted by Gasteiger charge is -2.30. The van der Waals surface area contributed by atoms with Gasteiger partial charge in [-0.15, -0.1) is 0 Å². The Morgan fingerprint density at radius 3 is 1.37 bits per heavy atom. The van der Waals surface area contributed by atoms with Gasteiger partial charge in [0.2, 0.25) is 0 Å². The van der Waals surface area contributed by atoms with E-state index in [4.69, 9.17) is 0 Å². The lowest BCUT2D eigenvalue weighted by molar-refractivity contribution is 0.159. The Bertz CT molecular complexity index is 379. The molecule has 0 spiro atoms. The van der Waals surface area contributed by atoms with Gasteiger partial charge in [-0.1, -0.05) is 129 Å². The molecule has 0 aromatic heterocycles. The van der Waals surface area contributed by atoms with Gasteiger partial charge in [-0.25, -0.2) is 0 Å². The third-order valence-corrected chi connectivity index (χ3v) is 6.93. The summed E-state index contributed by atoms with van der Waals surface area (Å²) in [4.78, 5) is 5.04. The molecule has 0 radical (unpaired) electrons. The molecule has 0 bridgehead atoms. The fourth-order valence-electron chi connectivity index (χ4n) is 4.81. The molecule has 2 heteroatoms. The highest BCUT2D eigenvalue weighted by Gasteiger charge is 2.22. The van der Waals surface area contributed by atoms with Crippen molar-refractivity contribution in [1.82, 2.24) is 9.80 Å². The molecule has 1 aliphatic rings. The van der Waals surface area contributed by atoms with Crippen LogP contribution in [0.4, 0.5) is 0 Å². The summed E-state index contributed by atoms with van der Waals surface area (Å²) >= 11 is 0. The molecule has 0 aliphatic carbocycles. The first-order valence-corrected chi connectivity index (χ1v) is 14.0. The molecule has 0 aromatic rings. The topological polar surface area (TPSA) is 6.48 Å². The molecular weight excluding hydrogens is 364 g/mol. The lowest BCUT2D eigenvalue weighted by atomic mass is 10.0. The first-order valence-electron chi connectivity index (χ1n) is 14.0. The molecule has 178 valence electrons. The van der Waals surface area contributed by atoms with Gasteiger partial charge in [0.25, 0.3) is 0 Å². The zero-order chi connectivity index (χ0) is 21.7. The number of hydrogen-bond acceptors (Lipinski definition) is 2. The van der Waals surface area contributed by atoms with Crippen molar-refractivity contribution >= 4 is 0 Å². The molecule has 1 atom stereocenters. The Labute approximate surface area is 190 Å². The molecule has 1 heterocycles. The van der Waals surface area contributed by atoms with Crippen molar-refractivity contribution in [2.45, 2.75) is 155 Å². The number of hydrogen-bond donors (Lipinski definition) is 0. The second-order valence-electron chi connectivity index (χ2n) is 9.83. The minimum absolute atomic E-state index is 0.623. The fraction of sp³-hybridized carbons (Fsp3) is 0.929. The van der Waals surface area contributed by atoms with Crippen LogP contribution in [0.25, 0.3) is 0 Å². The Hall–Kier alpha value is -0.660. The summed E-state index contributed by atoms with van der Waals surface area (Å²) in [7, 11) is 2.26. The van der Waals surface area contributed by atoms with Crippen molar-refractivity contribution in [3.8, 4) is 0 Å². The van der Waals surface area contributed by atoms with Gasteiger partial charge >= 0.3 is 0 Å². The summed E-state index contributed by atoms with van der Waals surface area (Å²) in [5.74, 6) is 0. The van der Waals surface area contributed by atoms with Crippen LogP contribution in [0.1, 0.15) is 149 Å². The summed E-state index contributed by atoms with van der Waals surface area (Å²) in [5, 5.41) is 0. The van der Waals surface area contributed by atoms with E-state index in [1.54, 1.807) is 0 Å². The van der Waals surface area contributed by atoms with Gasteiger partial charge in [0.1, 0.15) is 6.17 Å². The van der Waals surface area contributed by atoms with Gasteiger partial charge in [0.05, 0.1) is 0 Å². The van der Waals surface area contributed by atoms with Crippen molar-refractivity contribution in [2.75, 3.05) is 13.6 Å². The highest BCUT2D eigenvalue weighted by atomic mass is 15.4. The van der Waals surface area contributed by atoms with Crippen LogP contribution in [0, 0.1) is 0 Å². The second-order valence-corrected chi connectivity index (χ2v) is 9.83. The zero-order valence-corrected chi connectivity index (χ0v) is 21.2. The molecule has 1 unspecified atom stereocenters. The smallest absolute Gasteiger partial charge is 0.100 e. The van der Waals surface area contributed by atoms with Crippen LogP contribution in [-0.2, 0) is 0 Å². The summed E-state index contributed by atoms with van der Waals surface area (Å²) in [6.07, 6.45) is 35.2. The molecule has 1 rings (SSSR count). The molecule has 0 amide bonds. The minimum Gasteiger partial charge on any atom is -0.359 e. The predicted molar refractivity (Wildman–Crippen MR) is 136 cm³/mol. The maximum absolute atomic E-state index is 2.61. The Balaban J connectivity index is 1.93. The molecule has 30 heavy (non-hydrogen) atoms. The molecule has 1 aliphatic heterocycles.